The van der Waals surface area contributed by atoms with E-state index in [9.17, 15) is 14.9 Å². The highest BCUT2D eigenvalue weighted by Crippen LogP contribution is 2.31. The highest BCUT2D eigenvalue weighted by atomic mass is 16.6. The van der Waals surface area contributed by atoms with Crippen LogP contribution in [0.15, 0.2) is 48.5 Å². The quantitative estimate of drug-likeness (QED) is 0.365. The number of nitro groups is 1. The number of carbonyl (C=O) groups is 1. The third kappa shape index (κ3) is 4.04. The van der Waals surface area contributed by atoms with Crippen molar-refractivity contribution in [1.82, 2.24) is 0 Å². The Morgan fingerprint density at radius 2 is 1.90 bits per heavy atom. The highest BCUT2D eigenvalue weighted by molar-refractivity contribution is 5.69. The van der Waals surface area contributed by atoms with E-state index in [1.54, 1.807) is 0 Å². The second-order valence-electron chi connectivity index (χ2n) is 4.25. The van der Waals surface area contributed by atoms with Crippen LogP contribution in [-0.4, -0.2) is 10.9 Å². The number of hydrogen-bond donors (Lipinski definition) is 0. The SMILES string of the molecule is CC(=O)Oc1ccc([N+](=O)[O-])c(OCc2ccccc2)c1. The van der Waals surface area contributed by atoms with E-state index in [0.29, 0.717) is 0 Å². The molecule has 6 heteroatoms. The molecule has 0 aliphatic carbocycles. The van der Waals surface area contributed by atoms with Gasteiger partial charge >= 0.3 is 11.7 Å². The molecule has 0 saturated heterocycles. The first-order chi connectivity index (χ1) is 10.1. The van der Waals surface area contributed by atoms with Crippen LogP contribution in [0.2, 0.25) is 0 Å². The normalized spacial score (nSPS) is 9.95. The van der Waals surface area contributed by atoms with Crippen molar-refractivity contribution in [2.24, 2.45) is 0 Å². The molecule has 108 valence electrons. The van der Waals surface area contributed by atoms with Crippen molar-refractivity contribution in [2.75, 3.05) is 0 Å². The summed E-state index contributed by atoms with van der Waals surface area (Å²) in [5.41, 5.74) is 0.700. The standard InChI is InChI=1S/C15H13NO5/c1-11(17)21-13-7-8-14(16(18)19)15(9-13)20-10-12-5-3-2-4-6-12/h2-9H,10H2,1H3. The lowest BCUT2D eigenvalue weighted by atomic mass is 10.2. The predicted molar refractivity (Wildman–Crippen MR) is 75.2 cm³/mol. The minimum atomic E-state index is -0.544. The molecule has 2 rings (SSSR count). The van der Waals surface area contributed by atoms with Gasteiger partial charge in [0.05, 0.1) is 4.92 Å². The van der Waals surface area contributed by atoms with Crippen molar-refractivity contribution in [3.8, 4) is 11.5 Å². The summed E-state index contributed by atoms with van der Waals surface area (Å²) in [6.07, 6.45) is 0. The van der Waals surface area contributed by atoms with E-state index in [1.807, 2.05) is 30.3 Å². The maximum atomic E-state index is 11.0. The number of carbonyl (C=O) groups excluding carboxylic acids is 1. The minimum absolute atomic E-state index is 0.0580. The summed E-state index contributed by atoms with van der Waals surface area (Å²) in [6.45, 7) is 1.44. The topological polar surface area (TPSA) is 78.7 Å². The zero-order valence-corrected chi connectivity index (χ0v) is 11.3. The minimum Gasteiger partial charge on any atom is -0.482 e. The van der Waals surface area contributed by atoms with Gasteiger partial charge in [0, 0.05) is 19.1 Å². The molecule has 0 N–H and O–H groups in total. The fourth-order valence-corrected chi connectivity index (χ4v) is 1.73. The Balaban J connectivity index is 2.22. The number of rotatable bonds is 5. The van der Waals surface area contributed by atoms with Gasteiger partial charge in [-0.3, -0.25) is 14.9 Å². The lowest BCUT2D eigenvalue weighted by molar-refractivity contribution is -0.386. The van der Waals surface area contributed by atoms with Crippen LogP contribution in [-0.2, 0) is 11.4 Å². The average molecular weight is 287 g/mol. The first kappa shape index (κ1) is 14.5. The Kier molecular flexibility index (Phi) is 4.50. The zero-order chi connectivity index (χ0) is 15.2. The van der Waals surface area contributed by atoms with Gasteiger partial charge in [0.15, 0.2) is 0 Å². The third-order valence-electron chi connectivity index (χ3n) is 2.63. The maximum Gasteiger partial charge on any atom is 0.311 e. The van der Waals surface area contributed by atoms with Crippen molar-refractivity contribution in [3.05, 3.63) is 64.2 Å². The Hall–Kier alpha value is -2.89. The first-order valence-electron chi connectivity index (χ1n) is 6.20. The van der Waals surface area contributed by atoms with E-state index in [1.165, 1.54) is 25.1 Å². The van der Waals surface area contributed by atoms with Gasteiger partial charge in [0.25, 0.3) is 0 Å². The molecule has 0 spiro atoms. The van der Waals surface area contributed by atoms with Gasteiger partial charge in [-0.25, -0.2) is 0 Å². The van der Waals surface area contributed by atoms with Crippen LogP contribution in [0.25, 0.3) is 0 Å². The number of benzene rings is 2. The smallest absolute Gasteiger partial charge is 0.311 e. The van der Waals surface area contributed by atoms with Gasteiger partial charge in [-0.1, -0.05) is 30.3 Å². The molecule has 0 aliphatic heterocycles. The molecule has 0 radical (unpaired) electrons. The Morgan fingerprint density at radius 1 is 1.19 bits per heavy atom. The third-order valence-corrected chi connectivity index (χ3v) is 2.63. The molecule has 2 aromatic carbocycles. The van der Waals surface area contributed by atoms with E-state index >= 15 is 0 Å². The van der Waals surface area contributed by atoms with Gasteiger partial charge in [-0.15, -0.1) is 0 Å². The fraction of sp³-hybridized carbons (Fsp3) is 0.133. The van der Waals surface area contributed by atoms with Crippen molar-refractivity contribution in [1.29, 1.82) is 0 Å². The van der Waals surface area contributed by atoms with Crippen molar-refractivity contribution < 1.29 is 19.2 Å². The van der Waals surface area contributed by atoms with Gasteiger partial charge in [0.1, 0.15) is 12.4 Å². The van der Waals surface area contributed by atoms with Crippen LogP contribution in [0, 0.1) is 10.1 Å². The summed E-state index contributed by atoms with van der Waals surface area (Å²) in [5.74, 6) is -0.239. The Labute approximate surface area is 121 Å². The monoisotopic (exact) mass is 287 g/mol. The summed E-state index contributed by atoms with van der Waals surface area (Å²) < 4.78 is 10.4. The molecule has 0 unspecified atom stereocenters. The molecule has 0 saturated carbocycles. The molecule has 0 fully saturated rings. The van der Waals surface area contributed by atoms with Crippen LogP contribution in [0.1, 0.15) is 12.5 Å². The van der Waals surface area contributed by atoms with Crippen molar-refractivity contribution in [3.63, 3.8) is 0 Å². The molecule has 0 bridgehead atoms. The zero-order valence-electron chi connectivity index (χ0n) is 11.3. The van der Waals surface area contributed by atoms with Gasteiger partial charge < -0.3 is 9.47 Å². The van der Waals surface area contributed by atoms with Crippen LogP contribution < -0.4 is 9.47 Å². The number of esters is 1. The molecule has 0 heterocycles. The largest absolute Gasteiger partial charge is 0.482 e. The molecule has 0 aliphatic rings. The van der Waals surface area contributed by atoms with Crippen molar-refractivity contribution in [2.45, 2.75) is 13.5 Å². The molecular weight excluding hydrogens is 274 g/mol. The molecule has 0 atom stereocenters. The highest BCUT2D eigenvalue weighted by Gasteiger charge is 2.17. The lowest BCUT2D eigenvalue weighted by Gasteiger charge is -2.08. The van der Waals surface area contributed by atoms with E-state index in [4.69, 9.17) is 9.47 Å². The average Bonchev–Trinajstić information content (AvgIpc) is 2.45. The van der Waals surface area contributed by atoms with Gasteiger partial charge in [-0.2, -0.15) is 0 Å². The number of ether oxygens (including phenoxy) is 2. The molecular formula is C15H13NO5. The van der Waals surface area contributed by atoms with E-state index < -0.39 is 10.9 Å². The van der Waals surface area contributed by atoms with E-state index in [0.717, 1.165) is 5.56 Å². The van der Waals surface area contributed by atoms with Crippen molar-refractivity contribution >= 4 is 11.7 Å². The predicted octanol–water partition coefficient (Wildman–Crippen LogP) is 3.10. The molecule has 6 nitrogen and oxygen atoms in total. The van der Waals surface area contributed by atoms with E-state index in [-0.39, 0.29) is 23.8 Å². The van der Waals surface area contributed by atoms with Crippen LogP contribution >= 0.6 is 0 Å². The molecule has 0 aromatic heterocycles. The van der Waals surface area contributed by atoms with Crippen LogP contribution in [0.4, 0.5) is 5.69 Å². The number of nitrogens with zero attached hydrogens (tertiary/aromatic N) is 1. The summed E-state index contributed by atoms with van der Waals surface area (Å²) in [7, 11) is 0. The Morgan fingerprint density at radius 3 is 2.52 bits per heavy atom. The molecule has 0 amide bonds. The maximum absolute atomic E-state index is 11.0. The fourth-order valence-electron chi connectivity index (χ4n) is 1.73. The summed E-state index contributed by atoms with van der Waals surface area (Å²) >= 11 is 0. The van der Waals surface area contributed by atoms with Gasteiger partial charge in [-0.05, 0) is 11.6 Å². The summed E-state index contributed by atoms with van der Waals surface area (Å²) in [6, 6.07) is 13.2. The van der Waals surface area contributed by atoms with Crippen LogP contribution in [0.3, 0.4) is 0 Å². The number of hydrogen-bond acceptors (Lipinski definition) is 5. The van der Waals surface area contributed by atoms with E-state index in [2.05, 4.69) is 0 Å². The van der Waals surface area contributed by atoms with Gasteiger partial charge in [0.2, 0.25) is 5.75 Å². The summed E-state index contributed by atoms with van der Waals surface area (Å²) in [5, 5.41) is 11.0. The first-order valence-corrected chi connectivity index (χ1v) is 6.20. The Bertz CT molecular complexity index is 654. The summed E-state index contributed by atoms with van der Waals surface area (Å²) in [4.78, 5) is 21.4. The second-order valence-corrected chi connectivity index (χ2v) is 4.25. The number of nitro benzene ring substituents is 1. The lowest BCUT2D eigenvalue weighted by Crippen LogP contribution is -2.03. The van der Waals surface area contributed by atoms with Crippen LogP contribution in [0.5, 0.6) is 11.5 Å². The second kappa shape index (κ2) is 6.51. The molecule has 21 heavy (non-hydrogen) atoms. The molecule has 2 aromatic rings.